The zero-order chi connectivity index (χ0) is 16.7. The second kappa shape index (κ2) is 6.11. The molecule has 1 aliphatic carbocycles. The van der Waals surface area contributed by atoms with Crippen molar-refractivity contribution in [2.24, 2.45) is 0 Å². The standard InChI is InChI=1S/C17H20F2N4O/c18-15(19)14-9-13(11-5-6-11)21-16-12(10-20-23(14)16)17(24)22-7-3-1-2-4-8-22/h9-11,15H,1-8H2. The highest BCUT2D eigenvalue weighted by Gasteiger charge is 2.30. The third-order valence-electron chi connectivity index (χ3n) is 4.86. The Balaban J connectivity index is 1.76. The number of rotatable bonds is 3. The van der Waals surface area contributed by atoms with Crippen molar-refractivity contribution in [2.75, 3.05) is 13.1 Å². The van der Waals surface area contributed by atoms with Crippen LogP contribution in [0.2, 0.25) is 0 Å². The van der Waals surface area contributed by atoms with E-state index in [-0.39, 0.29) is 23.2 Å². The zero-order valence-corrected chi connectivity index (χ0v) is 13.4. The molecule has 0 atom stereocenters. The number of nitrogens with zero attached hydrogens (tertiary/aromatic N) is 4. The van der Waals surface area contributed by atoms with Crippen LogP contribution < -0.4 is 0 Å². The fourth-order valence-corrected chi connectivity index (χ4v) is 3.34. The highest BCUT2D eigenvalue weighted by Crippen LogP contribution is 2.40. The summed E-state index contributed by atoms with van der Waals surface area (Å²) in [6.45, 7) is 1.42. The Morgan fingerprint density at radius 3 is 2.50 bits per heavy atom. The van der Waals surface area contributed by atoms with Gasteiger partial charge in [0.15, 0.2) is 5.65 Å². The highest BCUT2D eigenvalue weighted by atomic mass is 19.3. The number of hydrogen-bond acceptors (Lipinski definition) is 3. The molecule has 0 aromatic carbocycles. The first-order chi connectivity index (χ1) is 11.6. The molecule has 1 saturated carbocycles. The lowest BCUT2D eigenvalue weighted by atomic mass is 10.2. The summed E-state index contributed by atoms with van der Waals surface area (Å²) in [5.74, 6) is 0.0936. The Morgan fingerprint density at radius 1 is 1.17 bits per heavy atom. The Kier molecular flexibility index (Phi) is 3.94. The van der Waals surface area contributed by atoms with Crippen molar-refractivity contribution in [3.8, 4) is 0 Å². The van der Waals surface area contributed by atoms with Gasteiger partial charge in [-0.05, 0) is 31.7 Å². The average Bonchev–Trinajstić information content (AvgIpc) is 3.37. The fraction of sp³-hybridized carbons (Fsp3) is 0.588. The summed E-state index contributed by atoms with van der Waals surface area (Å²) >= 11 is 0. The molecular weight excluding hydrogens is 314 g/mol. The van der Waals surface area contributed by atoms with Gasteiger partial charge < -0.3 is 4.90 Å². The Morgan fingerprint density at radius 2 is 1.88 bits per heavy atom. The Hall–Kier alpha value is -2.05. The van der Waals surface area contributed by atoms with E-state index in [1.54, 1.807) is 4.90 Å². The molecule has 1 saturated heterocycles. The monoisotopic (exact) mass is 334 g/mol. The van der Waals surface area contributed by atoms with Gasteiger partial charge in [0, 0.05) is 24.7 Å². The van der Waals surface area contributed by atoms with Crippen LogP contribution in [-0.2, 0) is 0 Å². The van der Waals surface area contributed by atoms with Crippen molar-refractivity contribution in [2.45, 2.75) is 50.9 Å². The van der Waals surface area contributed by atoms with E-state index in [1.807, 2.05) is 0 Å². The van der Waals surface area contributed by atoms with Gasteiger partial charge in [-0.15, -0.1) is 0 Å². The van der Waals surface area contributed by atoms with Gasteiger partial charge in [-0.1, -0.05) is 12.8 Å². The zero-order valence-electron chi connectivity index (χ0n) is 13.4. The van der Waals surface area contributed by atoms with Gasteiger partial charge in [-0.25, -0.2) is 18.3 Å². The van der Waals surface area contributed by atoms with Crippen LogP contribution in [0, 0.1) is 0 Å². The second-order valence-corrected chi connectivity index (χ2v) is 6.68. The number of aromatic nitrogens is 3. The number of hydrogen-bond donors (Lipinski definition) is 0. The van der Waals surface area contributed by atoms with E-state index in [0.29, 0.717) is 24.3 Å². The lowest BCUT2D eigenvalue weighted by Crippen LogP contribution is -2.31. The van der Waals surface area contributed by atoms with Gasteiger partial charge in [-0.3, -0.25) is 4.79 Å². The van der Waals surface area contributed by atoms with Crippen LogP contribution in [0.1, 0.15) is 72.6 Å². The molecule has 2 fully saturated rings. The molecule has 0 N–H and O–H groups in total. The molecule has 0 unspecified atom stereocenters. The third kappa shape index (κ3) is 2.76. The van der Waals surface area contributed by atoms with Crippen LogP contribution in [0.3, 0.4) is 0 Å². The maximum absolute atomic E-state index is 13.4. The van der Waals surface area contributed by atoms with Crippen LogP contribution in [0.15, 0.2) is 12.3 Å². The summed E-state index contributed by atoms with van der Waals surface area (Å²) in [6, 6.07) is 1.43. The highest BCUT2D eigenvalue weighted by molar-refractivity contribution is 5.99. The van der Waals surface area contributed by atoms with Gasteiger partial charge in [0.1, 0.15) is 11.3 Å². The number of halogens is 2. The van der Waals surface area contributed by atoms with E-state index in [0.717, 1.165) is 43.0 Å². The van der Waals surface area contributed by atoms with Crippen molar-refractivity contribution in [3.05, 3.63) is 29.2 Å². The number of fused-ring (bicyclic) bond motifs is 1. The summed E-state index contributed by atoms with van der Waals surface area (Å²) in [6.07, 6.45) is 4.88. The van der Waals surface area contributed by atoms with Crippen LogP contribution >= 0.6 is 0 Å². The van der Waals surface area contributed by atoms with Gasteiger partial charge in [0.2, 0.25) is 0 Å². The largest absolute Gasteiger partial charge is 0.338 e. The summed E-state index contributed by atoms with van der Waals surface area (Å²) in [5, 5.41) is 4.03. The molecule has 2 aromatic rings. The molecule has 0 radical (unpaired) electrons. The number of carbonyl (C=O) groups excluding carboxylic acids is 1. The first kappa shape index (κ1) is 15.5. The van der Waals surface area contributed by atoms with Crippen LogP contribution in [0.25, 0.3) is 5.65 Å². The van der Waals surface area contributed by atoms with Crippen molar-refractivity contribution < 1.29 is 13.6 Å². The molecule has 24 heavy (non-hydrogen) atoms. The van der Waals surface area contributed by atoms with Gasteiger partial charge in [0.25, 0.3) is 12.3 Å². The molecule has 7 heteroatoms. The minimum atomic E-state index is -2.64. The Bertz CT molecular complexity index is 761. The van der Waals surface area contributed by atoms with E-state index in [9.17, 15) is 13.6 Å². The molecule has 0 spiro atoms. The Labute approximate surface area is 138 Å². The summed E-state index contributed by atoms with van der Waals surface area (Å²) < 4.78 is 27.9. The van der Waals surface area contributed by atoms with Crippen molar-refractivity contribution in [1.82, 2.24) is 19.5 Å². The number of amides is 1. The maximum Gasteiger partial charge on any atom is 0.280 e. The second-order valence-electron chi connectivity index (χ2n) is 6.68. The van der Waals surface area contributed by atoms with Gasteiger partial charge in [0.05, 0.1) is 6.20 Å². The number of alkyl halides is 2. The van der Waals surface area contributed by atoms with Crippen molar-refractivity contribution in [1.29, 1.82) is 0 Å². The van der Waals surface area contributed by atoms with E-state index in [1.165, 1.54) is 12.3 Å². The predicted octanol–water partition coefficient (Wildman–Crippen LogP) is 3.56. The summed E-state index contributed by atoms with van der Waals surface area (Å²) in [4.78, 5) is 19.2. The summed E-state index contributed by atoms with van der Waals surface area (Å²) in [7, 11) is 0. The molecule has 128 valence electrons. The number of likely N-dealkylation sites (tertiary alicyclic amines) is 1. The molecule has 3 heterocycles. The first-order valence-corrected chi connectivity index (χ1v) is 8.61. The molecule has 2 aliphatic rings. The lowest BCUT2D eigenvalue weighted by molar-refractivity contribution is 0.0763. The average molecular weight is 334 g/mol. The minimum absolute atomic E-state index is 0.146. The van der Waals surface area contributed by atoms with E-state index in [4.69, 9.17) is 0 Å². The topological polar surface area (TPSA) is 50.5 Å². The molecule has 1 amide bonds. The SMILES string of the molecule is O=C(c1cnn2c(C(F)F)cc(C3CC3)nc12)N1CCCCCC1. The van der Waals surface area contributed by atoms with E-state index >= 15 is 0 Å². The lowest BCUT2D eigenvalue weighted by Gasteiger charge is -2.19. The van der Waals surface area contributed by atoms with Crippen molar-refractivity contribution in [3.63, 3.8) is 0 Å². The number of carbonyl (C=O) groups is 1. The summed E-state index contributed by atoms with van der Waals surface area (Å²) in [5.41, 5.74) is 1.07. The molecule has 2 aromatic heterocycles. The predicted molar refractivity (Wildman–Crippen MR) is 84.3 cm³/mol. The van der Waals surface area contributed by atoms with Crippen LogP contribution in [0.4, 0.5) is 8.78 Å². The van der Waals surface area contributed by atoms with Crippen molar-refractivity contribution >= 4 is 11.6 Å². The first-order valence-electron chi connectivity index (χ1n) is 8.61. The van der Waals surface area contributed by atoms with Gasteiger partial charge in [-0.2, -0.15) is 5.10 Å². The normalized spacial score (nSPS) is 19.0. The molecule has 4 rings (SSSR count). The van der Waals surface area contributed by atoms with E-state index < -0.39 is 6.43 Å². The van der Waals surface area contributed by atoms with Gasteiger partial charge >= 0.3 is 0 Å². The molecular formula is C17H20F2N4O. The molecule has 1 aliphatic heterocycles. The fourth-order valence-electron chi connectivity index (χ4n) is 3.34. The van der Waals surface area contributed by atoms with Crippen LogP contribution in [0.5, 0.6) is 0 Å². The minimum Gasteiger partial charge on any atom is -0.338 e. The molecule has 5 nitrogen and oxygen atoms in total. The third-order valence-corrected chi connectivity index (χ3v) is 4.86. The van der Waals surface area contributed by atoms with Crippen LogP contribution in [-0.4, -0.2) is 38.5 Å². The smallest absolute Gasteiger partial charge is 0.280 e. The quantitative estimate of drug-likeness (QED) is 0.862. The van der Waals surface area contributed by atoms with E-state index in [2.05, 4.69) is 10.1 Å². The maximum atomic E-state index is 13.4. The molecule has 0 bridgehead atoms.